The molecule has 3 aromatic rings. The fourth-order valence-electron chi connectivity index (χ4n) is 2.81. The number of hydrogen-bond acceptors (Lipinski definition) is 3. The number of nitrogens with one attached hydrogen (secondary N) is 1. The van der Waals surface area contributed by atoms with Crippen LogP contribution < -0.4 is 14.8 Å². The Balaban J connectivity index is 1.74. The molecule has 0 saturated carbocycles. The van der Waals surface area contributed by atoms with Crippen LogP contribution in [0.1, 0.15) is 23.6 Å². The molecule has 0 aliphatic carbocycles. The summed E-state index contributed by atoms with van der Waals surface area (Å²) in [6, 6.07) is 22.1. The van der Waals surface area contributed by atoms with Crippen LogP contribution in [0.2, 0.25) is 5.02 Å². The van der Waals surface area contributed by atoms with Gasteiger partial charge in [0.05, 0.1) is 6.61 Å². The van der Waals surface area contributed by atoms with Crippen molar-refractivity contribution in [2.45, 2.75) is 27.0 Å². The fourth-order valence-corrected chi connectivity index (χ4v) is 3.03. The molecule has 3 rings (SSSR count). The number of aryl methyl sites for hydroxylation is 1. The van der Waals surface area contributed by atoms with E-state index in [1.165, 1.54) is 5.56 Å². The van der Waals surface area contributed by atoms with Gasteiger partial charge in [-0.15, -0.1) is 0 Å². The lowest BCUT2D eigenvalue weighted by molar-refractivity contribution is 0.269. The second-order valence-electron chi connectivity index (χ2n) is 6.32. The van der Waals surface area contributed by atoms with Crippen LogP contribution in [-0.2, 0) is 13.2 Å². The average Bonchev–Trinajstić information content (AvgIpc) is 2.68. The summed E-state index contributed by atoms with van der Waals surface area (Å²) in [5.41, 5.74) is 4.34. The van der Waals surface area contributed by atoms with Crippen LogP contribution in [0.5, 0.6) is 11.5 Å². The van der Waals surface area contributed by atoms with Crippen molar-refractivity contribution in [3.63, 3.8) is 0 Å². The van der Waals surface area contributed by atoms with Gasteiger partial charge in [0.2, 0.25) is 0 Å². The second kappa shape index (κ2) is 9.33. The molecule has 0 heterocycles. The van der Waals surface area contributed by atoms with E-state index >= 15 is 0 Å². The number of anilines is 1. The van der Waals surface area contributed by atoms with Gasteiger partial charge in [-0.2, -0.15) is 0 Å². The molecule has 0 aromatic heterocycles. The molecule has 4 heteroatoms. The van der Waals surface area contributed by atoms with Gasteiger partial charge in [-0.05, 0) is 43.2 Å². The average molecular weight is 382 g/mol. The summed E-state index contributed by atoms with van der Waals surface area (Å²) in [6.07, 6.45) is 0. The predicted octanol–water partition coefficient (Wildman–Crippen LogP) is 6.24. The minimum absolute atomic E-state index is 0.472. The molecular weight excluding hydrogens is 358 g/mol. The van der Waals surface area contributed by atoms with Crippen molar-refractivity contribution in [2.24, 2.45) is 0 Å². The van der Waals surface area contributed by atoms with E-state index in [4.69, 9.17) is 21.1 Å². The highest BCUT2D eigenvalue weighted by Gasteiger charge is 2.12. The fraction of sp³-hybridized carbons (Fsp3) is 0.217. The number of ether oxygens (including phenoxy) is 2. The number of rotatable bonds is 8. The number of halogens is 1. The summed E-state index contributed by atoms with van der Waals surface area (Å²) in [4.78, 5) is 0. The van der Waals surface area contributed by atoms with E-state index in [0.717, 1.165) is 16.8 Å². The Hall–Kier alpha value is -2.65. The van der Waals surface area contributed by atoms with Crippen molar-refractivity contribution < 1.29 is 9.47 Å². The molecule has 0 radical (unpaired) electrons. The first kappa shape index (κ1) is 19.1. The van der Waals surface area contributed by atoms with Crippen molar-refractivity contribution in [1.82, 2.24) is 0 Å². The molecule has 140 valence electrons. The minimum Gasteiger partial charge on any atom is -0.490 e. The summed E-state index contributed by atoms with van der Waals surface area (Å²) in [5, 5.41) is 4.03. The molecule has 1 N–H and O–H groups in total. The first-order chi connectivity index (χ1) is 13.2. The van der Waals surface area contributed by atoms with Gasteiger partial charge >= 0.3 is 0 Å². The molecule has 27 heavy (non-hydrogen) atoms. The van der Waals surface area contributed by atoms with E-state index in [9.17, 15) is 0 Å². The van der Waals surface area contributed by atoms with Crippen LogP contribution in [0.4, 0.5) is 5.69 Å². The summed E-state index contributed by atoms with van der Waals surface area (Å²) >= 11 is 6.50. The Morgan fingerprint density at radius 3 is 2.41 bits per heavy atom. The lowest BCUT2D eigenvalue weighted by atomic mass is 10.1. The maximum Gasteiger partial charge on any atom is 0.163 e. The monoisotopic (exact) mass is 381 g/mol. The normalized spacial score (nSPS) is 10.5. The van der Waals surface area contributed by atoms with Crippen LogP contribution in [0.25, 0.3) is 0 Å². The largest absolute Gasteiger partial charge is 0.490 e. The van der Waals surface area contributed by atoms with Gasteiger partial charge in [0.15, 0.2) is 11.5 Å². The molecule has 0 saturated heterocycles. The van der Waals surface area contributed by atoms with Crippen LogP contribution >= 0.6 is 11.6 Å². The first-order valence-electron chi connectivity index (χ1n) is 9.08. The highest BCUT2D eigenvalue weighted by atomic mass is 35.5. The number of para-hydroxylation sites is 1. The molecule has 0 unspecified atom stereocenters. The summed E-state index contributed by atoms with van der Waals surface area (Å²) in [6.45, 7) is 5.68. The summed E-state index contributed by atoms with van der Waals surface area (Å²) in [5.74, 6) is 1.37. The Bertz CT molecular complexity index is 881. The number of benzene rings is 3. The van der Waals surface area contributed by atoms with Crippen LogP contribution in [0, 0.1) is 6.92 Å². The van der Waals surface area contributed by atoms with Crippen LogP contribution in [0.3, 0.4) is 0 Å². The molecule has 0 spiro atoms. The van der Waals surface area contributed by atoms with Crippen molar-refractivity contribution in [3.05, 3.63) is 88.4 Å². The van der Waals surface area contributed by atoms with Gasteiger partial charge in [-0.25, -0.2) is 0 Å². The molecule has 3 nitrogen and oxygen atoms in total. The lowest BCUT2D eigenvalue weighted by Crippen LogP contribution is -2.04. The Morgan fingerprint density at radius 1 is 0.889 bits per heavy atom. The van der Waals surface area contributed by atoms with Gasteiger partial charge in [-0.3, -0.25) is 0 Å². The van der Waals surface area contributed by atoms with Crippen molar-refractivity contribution in [3.8, 4) is 11.5 Å². The van der Waals surface area contributed by atoms with Crippen LogP contribution in [-0.4, -0.2) is 6.61 Å². The second-order valence-corrected chi connectivity index (χ2v) is 6.73. The maximum atomic E-state index is 6.50. The first-order valence-corrected chi connectivity index (χ1v) is 9.46. The quantitative estimate of drug-likeness (QED) is 0.501. The minimum atomic E-state index is 0.472. The molecule has 0 bridgehead atoms. The zero-order valence-electron chi connectivity index (χ0n) is 15.7. The molecular formula is C23H24ClNO2. The maximum absolute atomic E-state index is 6.50. The molecule has 0 atom stereocenters. The highest BCUT2D eigenvalue weighted by Crippen LogP contribution is 2.34. The van der Waals surface area contributed by atoms with E-state index in [1.807, 2.05) is 61.5 Å². The van der Waals surface area contributed by atoms with Gasteiger partial charge < -0.3 is 14.8 Å². The summed E-state index contributed by atoms with van der Waals surface area (Å²) in [7, 11) is 0. The Kier molecular flexibility index (Phi) is 6.61. The smallest absolute Gasteiger partial charge is 0.163 e. The molecule has 3 aromatic carbocycles. The van der Waals surface area contributed by atoms with Gasteiger partial charge in [0, 0.05) is 23.3 Å². The summed E-state index contributed by atoms with van der Waals surface area (Å²) < 4.78 is 11.8. The Morgan fingerprint density at radius 2 is 1.67 bits per heavy atom. The van der Waals surface area contributed by atoms with Crippen molar-refractivity contribution >= 4 is 17.3 Å². The molecule has 0 fully saturated rings. The van der Waals surface area contributed by atoms with E-state index in [1.54, 1.807) is 0 Å². The van der Waals surface area contributed by atoms with Crippen molar-refractivity contribution in [1.29, 1.82) is 0 Å². The Labute approximate surface area is 165 Å². The molecule has 0 amide bonds. The third-order valence-corrected chi connectivity index (χ3v) is 4.50. The van der Waals surface area contributed by atoms with Gasteiger partial charge in [-0.1, -0.05) is 59.6 Å². The molecule has 0 aliphatic heterocycles. The van der Waals surface area contributed by atoms with E-state index in [2.05, 4.69) is 24.4 Å². The standard InChI is InChI=1S/C23H24ClNO2/c1-3-26-22-13-19(15-25-20-10-5-4-6-11-20)21(24)14-23(22)27-16-18-9-7-8-17(2)12-18/h4-14,25H,3,15-16H2,1-2H3. The van der Waals surface area contributed by atoms with E-state index < -0.39 is 0 Å². The zero-order chi connectivity index (χ0) is 19.1. The third-order valence-electron chi connectivity index (χ3n) is 4.15. The number of hydrogen-bond donors (Lipinski definition) is 1. The third kappa shape index (κ3) is 5.41. The van der Waals surface area contributed by atoms with Gasteiger partial charge in [0.1, 0.15) is 6.61 Å². The highest BCUT2D eigenvalue weighted by molar-refractivity contribution is 6.31. The predicted molar refractivity (Wildman–Crippen MR) is 112 cm³/mol. The molecule has 0 aliphatic rings. The van der Waals surface area contributed by atoms with E-state index in [-0.39, 0.29) is 0 Å². The zero-order valence-corrected chi connectivity index (χ0v) is 16.4. The SMILES string of the molecule is CCOc1cc(CNc2ccccc2)c(Cl)cc1OCc1cccc(C)c1. The van der Waals surface area contributed by atoms with Crippen molar-refractivity contribution in [2.75, 3.05) is 11.9 Å². The topological polar surface area (TPSA) is 30.5 Å². The van der Waals surface area contributed by atoms with E-state index in [0.29, 0.717) is 36.3 Å². The van der Waals surface area contributed by atoms with Gasteiger partial charge in [0.25, 0.3) is 0 Å². The lowest BCUT2D eigenvalue weighted by Gasteiger charge is -2.16. The van der Waals surface area contributed by atoms with Crippen LogP contribution in [0.15, 0.2) is 66.7 Å².